The topological polar surface area (TPSA) is 21.7 Å². The summed E-state index contributed by atoms with van der Waals surface area (Å²) in [5, 5.41) is 4.43. The number of nitrogens with zero attached hydrogens (tertiary/aromatic N) is 1. The summed E-state index contributed by atoms with van der Waals surface area (Å²) in [4.78, 5) is 2.56. The van der Waals surface area contributed by atoms with Crippen molar-refractivity contribution in [3.05, 3.63) is 22.4 Å². The molecule has 2 atom stereocenters. The fourth-order valence-electron chi connectivity index (χ4n) is 3.72. The molecule has 0 bridgehead atoms. The van der Waals surface area contributed by atoms with Gasteiger partial charge in [0.1, 0.15) is 0 Å². The Morgan fingerprint density at radius 1 is 1.43 bits per heavy atom. The minimum absolute atomic E-state index is 0.0719. The first-order chi connectivity index (χ1) is 10.3. The van der Waals surface area contributed by atoms with Crippen molar-refractivity contribution in [1.82, 2.24) is 4.90 Å². The molecular formula is C17H25NO2S. The highest BCUT2D eigenvalue weighted by Crippen LogP contribution is 2.37. The molecule has 3 aliphatic rings. The van der Waals surface area contributed by atoms with Crippen LogP contribution in [-0.2, 0) is 16.0 Å². The molecule has 2 saturated heterocycles. The van der Waals surface area contributed by atoms with Gasteiger partial charge in [-0.05, 0) is 60.5 Å². The highest BCUT2D eigenvalue weighted by atomic mass is 32.1. The SMILES string of the molecule is c1cc(CN2CCC[C@]3(C[C@H](OCC4CC4)CO3)C2)cs1. The number of hydrogen-bond donors (Lipinski definition) is 0. The third-order valence-corrected chi connectivity index (χ3v) is 5.78. The molecule has 21 heavy (non-hydrogen) atoms. The van der Waals surface area contributed by atoms with Gasteiger partial charge >= 0.3 is 0 Å². The van der Waals surface area contributed by atoms with Gasteiger partial charge in [0.25, 0.3) is 0 Å². The Bertz CT molecular complexity index is 459. The van der Waals surface area contributed by atoms with E-state index in [1.807, 2.05) is 0 Å². The van der Waals surface area contributed by atoms with Gasteiger partial charge in [-0.3, -0.25) is 4.90 Å². The molecule has 3 heterocycles. The Morgan fingerprint density at radius 3 is 3.19 bits per heavy atom. The lowest BCUT2D eigenvalue weighted by Gasteiger charge is -2.39. The van der Waals surface area contributed by atoms with Crippen molar-refractivity contribution >= 4 is 11.3 Å². The molecule has 4 heteroatoms. The first kappa shape index (κ1) is 14.2. The normalized spacial score (nSPS) is 33.8. The first-order valence-electron chi connectivity index (χ1n) is 8.30. The van der Waals surface area contributed by atoms with Gasteiger partial charge in [-0.2, -0.15) is 11.3 Å². The fourth-order valence-corrected chi connectivity index (χ4v) is 4.38. The van der Waals surface area contributed by atoms with Crippen LogP contribution < -0.4 is 0 Å². The molecule has 0 radical (unpaired) electrons. The molecule has 1 spiro atoms. The lowest BCUT2D eigenvalue weighted by atomic mass is 9.89. The molecule has 1 aromatic rings. The Morgan fingerprint density at radius 2 is 2.38 bits per heavy atom. The van der Waals surface area contributed by atoms with E-state index in [0.717, 1.165) is 38.6 Å². The molecule has 0 amide bonds. The van der Waals surface area contributed by atoms with Gasteiger partial charge in [-0.25, -0.2) is 0 Å². The zero-order chi connectivity index (χ0) is 14.1. The average Bonchev–Trinajstić information content (AvgIpc) is 3.04. The Balaban J connectivity index is 1.31. The van der Waals surface area contributed by atoms with Gasteiger partial charge < -0.3 is 9.47 Å². The molecule has 3 nitrogen and oxygen atoms in total. The predicted octanol–water partition coefficient (Wildman–Crippen LogP) is 3.30. The summed E-state index contributed by atoms with van der Waals surface area (Å²) >= 11 is 1.79. The largest absolute Gasteiger partial charge is 0.375 e. The van der Waals surface area contributed by atoms with Crippen LogP contribution in [0.15, 0.2) is 16.8 Å². The van der Waals surface area contributed by atoms with E-state index in [1.165, 1.54) is 37.8 Å². The summed E-state index contributed by atoms with van der Waals surface area (Å²) in [6.45, 7) is 5.12. The number of likely N-dealkylation sites (tertiary alicyclic amines) is 1. The Hall–Kier alpha value is -0.420. The second-order valence-corrected chi connectivity index (χ2v) is 7.82. The summed E-state index contributed by atoms with van der Waals surface area (Å²) in [7, 11) is 0. The third kappa shape index (κ3) is 3.50. The lowest BCUT2D eigenvalue weighted by molar-refractivity contribution is -0.0547. The van der Waals surface area contributed by atoms with Gasteiger partial charge in [0.05, 0.1) is 18.3 Å². The Kier molecular flexibility index (Phi) is 4.05. The monoisotopic (exact) mass is 307 g/mol. The van der Waals surface area contributed by atoms with E-state index in [1.54, 1.807) is 11.3 Å². The first-order valence-corrected chi connectivity index (χ1v) is 9.25. The van der Waals surface area contributed by atoms with Gasteiger partial charge in [0.2, 0.25) is 0 Å². The number of ether oxygens (including phenoxy) is 2. The van der Waals surface area contributed by atoms with Crippen LogP contribution in [0.4, 0.5) is 0 Å². The molecule has 0 unspecified atom stereocenters. The van der Waals surface area contributed by atoms with Crippen LogP contribution in [-0.4, -0.2) is 42.9 Å². The third-order valence-electron chi connectivity index (χ3n) is 5.04. The maximum Gasteiger partial charge on any atom is 0.0836 e. The molecule has 1 aromatic heterocycles. The molecule has 0 N–H and O–H groups in total. The smallest absolute Gasteiger partial charge is 0.0836 e. The summed E-state index contributed by atoms with van der Waals surface area (Å²) in [6.07, 6.45) is 6.63. The quantitative estimate of drug-likeness (QED) is 0.833. The van der Waals surface area contributed by atoms with E-state index in [9.17, 15) is 0 Å². The van der Waals surface area contributed by atoms with E-state index in [2.05, 4.69) is 21.7 Å². The summed E-state index contributed by atoms with van der Waals surface area (Å²) in [5.41, 5.74) is 1.51. The molecule has 1 aliphatic carbocycles. The lowest BCUT2D eigenvalue weighted by Crippen LogP contribution is -2.47. The van der Waals surface area contributed by atoms with Crippen LogP contribution in [0.3, 0.4) is 0 Å². The van der Waals surface area contributed by atoms with E-state index in [0.29, 0.717) is 6.10 Å². The average molecular weight is 307 g/mol. The fraction of sp³-hybridized carbons (Fsp3) is 0.765. The highest BCUT2D eigenvalue weighted by Gasteiger charge is 2.44. The molecule has 1 saturated carbocycles. The van der Waals surface area contributed by atoms with Crippen molar-refractivity contribution in [2.75, 3.05) is 26.3 Å². The standard InChI is InChI=1S/C17H25NO2S/c1-5-17(8-16(11-20-17)19-10-14-2-3-14)13-18(6-1)9-15-4-7-21-12-15/h4,7,12,14,16H,1-3,5-6,8-11,13H2/t16-,17-/m0/s1. The minimum atomic E-state index is 0.0719. The van der Waals surface area contributed by atoms with Crippen molar-refractivity contribution in [2.24, 2.45) is 5.92 Å². The van der Waals surface area contributed by atoms with Crippen molar-refractivity contribution in [3.8, 4) is 0 Å². The van der Waals surface area contributed by atoms with E-state index < -0.39 is 0 Å². The second kappa shape index (κ2) is 5.99. The van der Waals surface area contributed by atoms with Crippen molar-refractivity contribution in [3.63, 3.8) is 0 Å². The van der Waals surface area contributed by atoms with Gasteiger partial charge in [0.15, 0.2) is 0 Å². The van der Waals surface area contributed by atoms with Crippen LogP contribution in [0, 0.1) is 5.92 Å². The number of thiophene rings is 1. The predicted molar refractivity (Wildman–Crippen MR) is 84.6 cm³/mol. The molecular weight excluding hydrogens is 282 g/mol. The maximum atomic E-state index is 6.23. The van der Waals surface area contributed by atoms with Crippen LogP contribution in [0.25, 0.3) is 0 Å². The van der Waals surface area contributed by atoms with Gasteiger partial charge in [0, 0.05) is 26.1 Å². The van der Waals surface area contributed by atoms with Gasteiger partial charge in [-0.15, -0.1) is 0 Å². The molecule has 4 rings (SSSR count). The van der Waals surface area contributed by atoms with Crippen molar-refractivity contribution < 1.29 is 9.47 Å². The summed E-state index contributed by atoms with van der Waals surface area (Å²) in [5.74, 6) is 0.850. The zero-order valence-corrected chi connectivity index (χ0v) is 13.4. The molecule has 0 aromatic carbocycles. The van der Waals surface area contributed by atoms with E-state index >= 15 is 0 Å². The number of rotatable bonds is 5. The van der Waals surface area contributed by atoms with Crippen LogP contribution in [0.1, 0.15) is 37.7 Å². The van der Waals surface area contributed by atoms with Crippen LogP contribution in [0.5, 0.6) is 0 Å². The number of piperidine rings is 1. The molecule has 2 aliphatic heterocycles. The summed E-state index contributed by atoms with van der Waals surface area (Å²) in [6, 6.07) is 2.24. The number of hydrogen-bond acceptors (Lipinski definition) is 4. The Labute approximate surface area is 131 Å². The van der Waals surface area contributed by atoms with Crippen LogP contribution in [0.2, 0.25) is 0 Å². The van der Waals surface area contributed by atoms with Crippen molar-refractivity contribution in [2.45, 2.75) is 50.4 Å². The second-order valence-electron chi connectivity index (χ2n) is 7.04. The molecule has 3 fully saturated rings. The highest BCUT2D eigenvalue weighted by molar-refractivity contribution is 7.07. The molecule has 116 valence electrons. The zero-order valence-electron chi connectivity index (χ0n) is 12.6. The maximum absolute atomic E-state index is 6.23. The van der Waals surface area contributed by atoms with E-state index in [4.69, 9.17) is 9.47 Å². The van der Waals surface area contributed by atoms with Crippen molar-refractivity contribution in [1.29, 1.82) is 0 Å². The van der Waals surface area contributed by atoms with Gasteiger partial charge in [-0.1, -0.05) is 0 Å². The van der Waals surface area contributed by atoms with Crippen LogP contribution >= 0.6 is 11.3 Å². The minimum Gasteiger partial charge on any atom is -0.375 e. The van der Waals surface area contributed by atoms with E-state index in [-0.39, 0.29) is 5.60 Å². The summed E-state index contributed by atoms with van der Waals surface area (Å²) < 4.78 is 12.3.